The minimum absolute atomic E-state index is 0.00884. The van der Waals surface area contributed by atoms with Crippen LogP contribution in [0.25, 0.3) is 0 Å². The van der Waals surface area contributed by atoms with Crippen LogP contribution in [0.1, 0.15) is 83.4 Å². The second kappa shape index (κ2) is 8.07. The minimum atomic E-state index is -1.16. The van der Waals surface area contributed by atoms with Crippen LogP contribution in [0.2, 0.25) is 0 Å². The molecule has 2 atom stereocenters. The van der Waals surface area contributed by atoms with E-state index in [0.717, 1.165) is 23.3 Å². The van der Waals surface area contributed by atoms with E-state index in [2.05, 4.69) is 61.8 Å². The van der Waals surface area contributed by atoms with Gasteiger partial charge in [0.05, 0.1) is 11.1 Å². The Labute approximate surface area is 200 Å². The van der Waals surface area contributed by atoms with Crippen molar-refractivity contribution in [2.45, 2.75) is 51.4 Å². The summed E-state index contributed by atoms with van der Waals surface area (Å²) in [6.07, 6.45) is 6.80. The van der Waals surface area contributed by atoms with E-state index in [-0.39, 0.29) is 22.1 Å². The Hall–Kier alpha value is -3.50. The van der Waals surface area contributed by atoms with Gasteiger partial charge in [-0.3, -0.25) is 0 Å². The summed E-state index contributed by atoms with van der Waals surface area (Å²) in [5.41, 5.74) is 2.96. The number of carbonyl (C=O) groups is 2. The van der Waals surface area contributed by atoms with Crippen LogP contribution in [-0.2, 0) is 5.41 Å². The fourth-order valence-electron chi connectivity index (χ4n) is 7.12. The molecule has 4 saturated carbocycles. The van der Waals surface area contributed by atoms with Crippen molar-refractivity contribution in [3.05, 3.63) is 70.3 Å². The average molecular weight is 453 g/mol. The SMILES string of the molecule is CC1(C)C2CC3CC(C2)CC1(c1ccc(C#CC#Cc2cc(C(=O)O)ccc2C(=O)O)cc1)C3. The first-order valence-corrected chi connectivity index (χ1v) is 11.9. The van der Waals surface area contributed by atoms with Crippen molar-refractivity contribution in [1.82, 2.24) is 0 Å². The van der Waals surface area contributed by atoms with Gasteiger partial charge in [-0.15, -0.1) is 0 Å². The van der Waals surface area contributed by atoms with E-state index < -0.39 is 11.9 Å². The second-order valence-electron chi connectivity index (χ2n) is 10.8. The predicted octanol–water partition coefficient (Wildman–Crippen LogP) is 5.59. The summed E-state index contributed by atoms with van der Waals surface area (Å²) in [6, 6.07) is 12.4. The average Bonchev–Trinajstić information content (AvgIpc) is 2.80. The van der Waals surface area contributed by atoms with Gasteiger partial charge in [-0.2, -0.15) is 0 Å². The van der Waals surface area contributed by atoms with Crippen LogP contribution in [0.15, 0.2) is 42.5 Å². The highest BCUT2D eigenvalue weighted by Gasteiger charge is 2.61. The number of aromatic carboxylic acids is 2. The van der Waals surface area contributed by atoms with Gasteiger partial charge in [0, 0.05) is 16.5 Å². The van der Waals surface area contributed by atoms with Crippen LogP contribution in [0.4, 0.5) is 0 Å². The van der Waals surface area contributed by atoms with E-state index in [4.69, 9.17) is 5.11 Å². The molecule has 4 aliphatic carbocycles. The van der Waals surface area contributed by atoms with Crippen molar-refractivity contribution in [1.29, 1.82) is 0 Å². The quantitative estimate of drug-likeness (QED) is 0.596. The molecule has 0 amide bonds. The lowest BCUT2D eigenvalue weighted by atomic mass is 9.38. The molecule has 0 radical (unpaired) electrons. The van der Waals surface area contributed by atoms with Crippen LogP contribution < -0.4 is 0 Å². The molecule has 2 N–H and O–H groups in total. The summed E-state index contributed by atoms with van der Waals surface area (Å²) in [7, 11) is 0. The van der Waals surface area contributed by atoms with Crippen molar-refractivity contribution in [2.24, 2.45) is 23.2 Å². The summed E-state index contributed by atoms with van der Waals surface area (Å²) in [4.78, 5) is 22.6. The molecule has 0 spiro atoms. The highest BCUT2D eigenvalue weighted by atomic mass is 16.4. The van der Waals surface area contributed by atoms with Crippen LogP contribution in [-0.4, -0.2) is 22.2 Å². The molecule has 2 aromatic rings. The second-order valence-corrected chi connectivity index (χ2v) is 10.8. The number of carboxylic acid groups (broad SMARTS) is 2. The third-order valence-electron chi connectivity index (χ3n) is 8.83. The molecule has 34 heavy (non-hydrogen) atoms. The van der Waals surface area contributed by atoms with E-state index >= 15 is 0 Å². The molecule has 4 aliphatic rings. The molecule has 4 fully saturated rings. The Morgan fingerprint density at radius 1 is 0.853 bits per heavy atom. The van der Waals surface area contributed by atoms with Crippen molar-refractivity contribution in [3.8, 4) is 23.7 Å². The summed E-state index contributed by atoms with van der Waals surface area (Å²) in [5, 5.41) is 18.5. The molecule has 0 heterocycles. The number of carboxylic acids is 2. The van der Waals surface area contributed by atoms with Crippen molar-refractivity contribution >= 4 is 11.9 Å². The van der Waals surface area contributed by atoms with Gasteiger partial charge in [0.25, 0.3) is 0 Å². The van der Waals surface area contributed by atoms with Crippen LogP contribution in [0.5, 0.6) is 0 Å². The van der Waals surface area contributed by atoms with Crippen molar-refractivity contribution in [3.63, 3.8) is 0 Å². The van der Waals surface area contributed by atoms with Gasteiger partial charge in [0.2, 0.25) is 0 Å². The fourth-order valence-corrected chi connectivity index (χ4v) is 7.12. The maximum Gasteiger partial charge on any atom is 0.336 e. The molecule has 0 aromatic heterocycles. The first-order valence-electron chi connectivity index (χ1n) is 11.9. The van der Waals surface area contributed by atoms with E-state index in [1.165, 1.54) is 55.9 Å². The monoisotopic (exact) mass is 452 g/mol. The lowest BCUT2D eigenvalue weighted by Gasteiger charge is -2.66. The maximum atomic E-state index is 11.4. The zero-order valence-electron chi connectivity index (χ0n) is 19.5. The third-order valence-corrected chi connectivity index (χ3v) is 8.83. The van der Waals surface area contributed by atoms with Gasteiger partial charge < -0.3 is 10.2 Å². The standard InChI is InChI=1S/C30H28O4/c1-29(2)25-14-20-13-21(15-25)18-30(29,17-20)24-10-7-19(8-11-24)5-3-4-6-22-16-23(27(31)32)9-12-26(22)28(33)34/h7-12,16,20-21,25H,13-15,17-18H2,1-2H3,(H,31,32)(H,33,34). The largest absolute Gasteiger partial charge is 0.478 e. The Bertz CT molecular complexity index is 1280. The lowest BCUT2D eigenvalue weighted by molar-refractivity contribution is -0.113. The maximum absolute atomic E-state index is 11.4. The van der Waals surface area contributed by atoms with Gasteiger partial charge in [0.15, 0.2) is 0 Å². The van der Waals surface area contributed by atoms with Gasteiger partial charge in [0.1, 0.15) is 0 Å². The Morgan fingerprint density at radius 2 is 1.50 bits per heavy atom. The normalized spacial score (nSPS) is 27.8. The Balaban J connectivity index is 1.39. The lowest BCUT2D eigenvalue weighted by Crippen LogP contribution is -2.59. The number of rotatable bonds is 3. The van der Waals surface area contributed by atoms with Crippen molar-refractivity contribution < 1.29 is 19.8 Å². The first kappa shape index (κ1) is 22.3. The van der Waals surface area contributed by atoms with Crippen molar-refractivity contribution in [2.75, 3.05) is 0 Å². The number of hydrogen-bond donors (Lipinski definition) is 2. The molecular formula is C30H28O4. The van der Waals surface area contributed by atoms with Gasteiger partial charge in [-0.1, -0.05) is 37.8 Å². The molecule has 6 rings (SSSR count). The summed E-state index contributed by atoms with van der Waals surface area (Å²) < 4.78 is 0. The van der Waals surface area contributed by atoms with E-state index in [1.54, 1.807) is 0 Å². The van der Waals surface area contributed by atoms with E-state index in [0.29, 0.717) is 5.41 Å². The van der Waals surface area contributed by atoms with Crippen LogP contribution in [0, 0.1) is 46.9 Å². The minimum Gasteiger partial charge on any atom is -0.478 e. The molecule has 0 aliphatic heterocycles. The smallest absolute Gasteiger partial charge is 0.336 e. The summed E-state index contributed by atoms with van der Waals surface area (Å²) >= 11 is 0. The number of hydrogen-bond acceptors (Lipinski definition) is 2. The molecule has 4 bridgehead atoms. The highest BCUT2D eigenvalue weighted by molar-refractivity contribution is 5.94. The molecule has 4 heteroatoms. The molecule has 0 saturated heterocycles. The summed E-state index contributed by atoms with van der Waals surface area (Å²) in [6.45, 7) is 4.95. The van der Waals surface area contributed by atoms with Gasteiger partial charge in [-0.05, 0) is 103 Å². The van der Waals surface area contributed by atoms with Crippen LogP contribution >= 0.6 is 0 Å². The van der Waals surface area contributed by atoms with Gasteiger partial charge in [-0.25, -0.2) is 9.59 Å². The van der Waals surface area contributed by atoms with E-state index in [9.17, 15) is 14.7 Å². The zero-order chi connectivity index (χ0) is 24.1. The Morgan fingerprint density at radius 3 is 2.12 bits per heavy atom. The molecule has 2 unspecified atom stereocenters. The fraction of sp³-hybridized carbons (Fsp3) is 0.400. The molecule has 4 nitrogen and oxygen atoms in total. The molecule has 172 valence electrons. The number of benzene rings is 2. The Kier molecular flexibility index (Phi) is 5.29. The van der Waals surface area contributed by atoms with Gasteiger partial charge >= 0.3 is 11.9 Å². The van der Waals surface area contributed by atoms with E-state index in [1.807, 2.05) is 0 Å². The first-order chi connectivity index (χ1) is 16.2. The summed E-state index contributed by atoms with van der Waals surface area (Å²) in [5.74, 6) is 11.5. The zero-order valence-corrected chi connectivity index (χ0v) is 19.5. The topological polar surface area (TPSA) is 74.6 Å². The predicted molar refractivity (Wildman–Crippen MR) is 130 cm³/mol. The van der Waals surface area contributed by atoms with Crippen LogP contribution in [0.3, 0.4) is 0 Å². The molecular weight excluding hydrogens is 424 g/mol. The highest BCUT2D eigenvalue weighted by Crippen LogP contribution is 2.68. The third kappa shape index (κ3) is 3.59. The molecule has 2 aromatic carbocycles.